The van der Waals surface area contributed by atoms with Gasteiger partial charge < -0.3 is 19.3 Å². The zero-order chi connectivity index (χ0) is 30.9. The Morgan fingerprint density at radius 2 is 1.88 bits per heavy atom. The lowest BCUT2D eigenvalue weighted by Gasteiger charge is -2.33. The molecule has 4 aliphatic rings. The summed E-state index contributed by atoms with van der Waals surface area (Å²) in [6, 6.07) is 0.350. The summed E-state index contributed by atoms with van der Waals surface area (Å²) in [5, 5.41) is -0.0895. The van der Waals surface area contributed by atoms with Crippen LogP contribution in [0.25, 0.3) is 10.9 Å². The van der Waals surface area contributed by atoms with E-state index < -0.39 is 45.4 Å². The minimum Gasteiger partial charge on any atom is -0.461 e. The third-order valence-electron chi connectivity index (χ3n) is 8.76. The molecular weight excluding hydrogens is 641 g/mol. The van der Waals surface area contributed by atoms with Crippen molar-refractivity contribution in [3.8, 4) is 6.01 Å². The summed E-state index contributed by atoms with van der Waals surface area (Å²) in [6.45, 7) is 7.15. The van der Waals surface area contributed by atoms with Gasteiger partial charge in [-0.25, -0.2) is 13.6 Å². The van der Waals surface area contributed by atoms with E-state index in [4.69, 9.17) is 9.47 Å². The molecule has 0 unspecified atom stereocenters. The fraction of sp³-hybridized carbons (Fsp3) is 0.690. The Bertz CT molecular complexity index is 1420. The number of aromatic nitrogens is 2. The van der Waals surface area contributed by atoms with Gasteiger partial charge in [-0.15, -0.1) is 0 Å². The van der Waals surface area contributed by atoms with Gasteiger partial charge in [-0.1, -0.05) is 0 Å². The number of ether oxygens (including phenoxy) is 2. The summed E-state index contributed by atoms with van der Waals surface area (Å²) in [4.78, 5) is 27.2. The largest absolute Gasteiger partial charge is 0.461 e. The molecule has 8 nitrogen and oxygen atoms in total. The molecule has 6 rings (SSSR count). The average molecular weight is 677 g/mol. The van der Waals surface area contributed by atoms with Gasteiger partial charge in [0.2, 0.25) is 0 Å². The van der Waals surface area contributed by atoms with E-state index in [1.165, 1.54) is 0 Å². The topological polar surface area (TPSA) is 71.0 Å². The van der Waals surface area contributed by atoms with Gasteiger partial charge in [0, 0.05) is 37.5 Å². The number of carbonyl (C=O) groups is 1. The molecule has 4 fully saturated rings. The number of anilines is 1. The lowest BCUT2D eigenvalue weighted by atomic mass is 9.95. The van der Waals surface area contributed by atoms with Gasteiger partial charge in [0.25, 0.3) is 0 Å². The second-order valence-electron chi connectivity index (χ2n) is 13.1. The van der Waals surface area contributed by atoms with Crippen LogP contribution in [0.3, 0.4) is 0 Å². The quantitative estimate of drug-likeness (QED) is 0.325. The molecule has 2 aromatic rings. The van der Waals surface area contributed by atoms with E-state index in [2.05, 4.69) is 30.8 Å². The van der Waals surface area contributed by atoms with Crippen molar-refractivity contribution in [2.24, 2.45) is 0 Å². The summed E-state index contributed by atoms with van der Waals surface area (Å²) in [5.41, 5.74) is -2.68. The standard InChI is InChI=1S/C29H35BrF5N5O3/c1-27(2,3)43-26(41)38-10-7-18(14-38)40(17-5-6-17)24-19-11-20(29(33,34)35)21(30)22(32)23(19)36-25(37-24)42-15-28-8-4-9-39(28)13-16(31)12-28/h11,16-18H,4-10,12-15H2,1-3H3/t16-,18-,28+/m1/s1. The molecular formula is C29H35BrF5N5O3. The monoisotopic (exact) mass is 675 g/mol. The molecule has 0 radical (unpaired) electrons. The Balaban J connectivity index is 1.39. The number of benzene rings is 1. The van der Waals surface area contributed by atoms with Gasteiger partial charge in [-0.2, -0.15) is 23.1 Å². The molecule has 43 heavy (non-hydrogen) atoms. The molecule has 3 atom stereocenters. The first-order valence-corrected chi connectivity index (χ1v) is 15.5. The highest BCUT2D eigenvalue weighted by Gasteiger charge is 2.50. The average Bonchev–Trinajstić information content (AvgIpc) is 3.33. The first-order chi connectivity index (χ1) is 20.1. The number of hydrogen-bond donors (Lipinski definition) is 0. The molecule has 1 aromatic carbocycles. The van der Waals surface area contributed by atoms with Crippen LogP contribution in [0.15, 0.2) is 10.5 Å². The number of likely N-dealkylation sites (tertiary alicyclic amines) is 1. The van der Waals surface area contributed by atoms with E-state index in [0.29, 0.717) is 25.9 Å². The second-order valence-corrected chi connectivity index (χ2v) is 13.9. The Labute approximate surface area is 255 Å². The first-order valence-electron chi connectivity index (χ1n) is 14.7. The van der Waals surface area contributed by atoms with Gasteiger partial charge in [-0.3, -0.25) is 4.90 Å². The Morgan fingerprint density at radius 3 is 2.56 bits per heavy atom. The molecule has 0 bridgehead atoms. The minimum absolute atomic E-state index is 0.0540. The zero-order valence-electron chi connectivity index (χ0n) is 24.3. The fourth-order valence-corrected chi connectivity index (χ4v) is 7.27. The number of rotatable bonds is 6. The highest BCUT2D eigenvalue weighted by Crippen LogP contribution is 2.45. The van der Waals surface area contributed by atoms with Crippen LogP contribution < -0.4 is 9.64 Å². The van der Waals surface area contributed by atoms with Gasteiger partial charge in [0.1, 0.15) is 29.7 Å². The number of carbonyl (C=O) groups excluding carboxylic acids is 1. The summed E-state index contributed by atoms with van der Waals surface area (Å²) in [6.07, 6.45) is -2.28. The van der Waals surface area contributed by atoms with E-state index in [-0.39, 0.29) is 48.0 Å². The Kier molecular flexibility index (Phi) is 7.71. The number of alkyl halides is 4. The molecule has 0 spiro atoms. The number of amides is 1. The van der Waals surface area contributed by atoms with E-state index in [9.17, 15) is 22.4 Å². The summed E-state index contributed by atoms with van der Waals surface area (Å²) in [5.74, 6) is -1.03. The molecule has 3 aliphatic heterocycles. The summed E-state index contributed by atoms with van der Waals surface area (Å²) >= 11 is 2.80. The highest BCUT2D eigenvalue weighted by atomic mass is 79.9. The third kappa shape index (κ3) is 5.97. The van der Waals surface area contributed by atoms with Crippen LogP contribution in [-0.4, -0.2) is 88.0 Å². The van der Waals surface area contributed by atoms with E-state index in [0.717, 1.165) is 38.3 Å². The maximum atomic E-state index is 15.7. The van der Waals surface area contributed by atoms with Crippen LogP contribution in [0.1, 0.15) is 64.9 Å². The second kappa shape index (κ2) is 10.8. The summed E-state index contributed by atoms with van der Waals surface area (Å²) in [7, 11) is 0. The lowest BCUT2D eigenvalue weighted by Crippen LogP contribution is -2.44. The van der Waals surface area contributed by atoms with Crippen LogP contribution in [-0.2, 0) is 10.9 Å². The number of nitrogens with zero attached hydrogens (tertiary/aromatic N) is 5. The SMILES string of the molecule is CC(C)(C)OC(=O)N1CC[C@@H](N(c2nc(OC[C@@]34CCCN3C[C@H](F)C4)nc3c(F)c(Br)c(C(F)(F)F)cc23)C2CC2)C1. The Morgan fingerprint density at radius 1 is 1.14 bits per heavy atom. The van der Waals surface area contributed by atoms with Crippen molar-refractivity contribution < 1.29 is 36.2 Å². The maximum Gasteiger partial charge on any atom is 0.417 e. The van der Waals surface area contributed by atoms with Crippen molar-refractivity contribution in [1.82, 2.24) is 19.8 Å². The minimum atomic E-state index is -4.83. The zero-order valence-corrected chi connectivity index (χ0v) is 25.9. The Hall–Kier alpha value is -2.48. The van der Waals surface area contributed by atoms with Crippen molar-refractivity contribution in [3.05, 3.63) is 21.9 Å². The predicted octanol–water partition coefficient (Wildman–Crippen LogP) is 6.48. The number of halogens is 6. The predicted molar refractivity (Wildman–Crippen MR) is 152 cm³/mol. The molecule has 4 heterocycles. The third-order valence-corrected chi connectivity index (χ3v) is 9.54. The molecule has 1 saturated carbocycles. The maximum absolute atomic E-state index is 15.7. The smallest absolute Gasteiger partial charge is 0.417 e. The molecule has 14 heteroatoms. The normalized spacial score (nSPS) is 26.3. The van der Waals surface area contributed by atoms with Gasteiger partial charge >= 0.3 is 18.3 Å². The van der Waals surface area contributed by atoms with E-state index in [1.54, 1.807) is 25.7 Å². The van der Waals surface area contributed by atoms with Gasteiger partial charge in [0.15, 0.2) is 5.82 Å². The molecule has 3 saturated heterocycles. The van der Waals surface area contributed by atoms with Crippen molar-refractivity contribution in [2.45, 2.75) is 94.9 Å². The molecule has 1 amide bonds. The van der Waals surface area contributed by atoms with Crippen LogP contribution in [0.5, 0.6) is 6.01 Å². The molecule has 0 N–H and O–H groups in total. The van der Waals surface area contributed by atoms with E-state index >= 15 is 4.39 Å². The van der Waals surface area contributed by atoms with Crippen LogP contribution >= 0.6 is 15.9 Å². The molecule has 1 aromatic heterocycles. The van der Waals surface area contributed by atoms with Crippen LogP contribution in [0, 0.1) is 5.82 Å². The van der Waals surface area contributed by atoms with Crippen molar-refractivity contribution >= 4 is 38.7 Å². The van der Waals surface area contributed by atoms with Crippen molar-refractivity contribution in [3.63, 3.8) is 0 Å². The van der Waals surface area contributed by atoms with Gasteiger partial charge in [0.05, 0.1) is 21.6 Å². The fourth-order valence-electron chi connectivity index (χ4n) is 6.74. The number of hydrogen-bond acceptors (Lipinski definition) is 7. The van der Waals surface area contributed by atoms with Crippen LogP contribution in [0.2, 0.25) is 0 Å². The van der Waals surface area contributed by atoms with Gasteiger partial charge in [-0.05, 0) is 81.4 Å². The molecule has 1 aliphatic carbocycles. The highest BCUT2D eigenvalue weighted by molar-refractivity contribution is 9.10. The number of fused-ring (bicyclic) bond motifs is 2. The van der Waals surface area contributed by atoms with Crippen LogP contribution in [0.4, 0.5) is 32.6 Å². The lowest BCUT2D eigenvalue weighted by molar-refractivity contribution is -0.138. The first kappa shape index (κ1) is 30.5. The van der Waals surface area contributed by atoms with Crippen molar-refractivity contribution in [2.75, 3.05) is 37.7 Å². The molecule has 236 valence electrons. The van der Waals surface area contributed by atoms with E-state index in [1.807, 2.05) is 4.90 Å². The van der Waals surface area contributed by atoms with Crippen molar-refractivity contribution in [1.29, 1.82) is 0 Å². The summed E-state index contributed by atoms with van der Waals surface area (Å²) < 4.78 is 82.9.